The Morgan fingerprint density at radius 1 is 1.25 bits per heavy atom. The molecule has 0 aliphatic carbocycles. The molecule has 12 heavy (non-hydrogen) atoms. The molecule has 0 fully saturated rings. The van der Waals surface area contributed by atoms with E-state index in [2.05, 4.69) is 0 Å². The summed E-state index contributed by atoms with van der Waals surface area (Å²) in [6, 6.07) is 0. The van der Waals surface area contributed by atoms with E-state index in [9.17, 15) is 13.2 Å². The molecule has 0 amide bonds. The van der Waals surface area contributed by atoms with E-state index in [1.54, 1.807) is 13.8 Å². The van der Waals surface area contributed by atoms with Gasteiger partial charge in [-0.2, -0.15) is 0 Å². The zero-order valence-electron chi connectivity index (χ0n) is 7.70. The van der Waals surface area contributed by atoms with Crippen molar-refractivity contribution in [3.63, 3.8) is 0 Å². The van der Waals surface area contributed by atoms with Crippen LogP contribution in [0.25, 0.3) is 0 Å². The Morgan fingerprint density at radius 2 is 1.67 bits per heavy atom. The van der Waals surface area contributed by atoms with Crippen LogP contribution in [0, 0.1) is 5.92 Å². The Kier molecular flexibility index (Phi) is 3.57. The molecule has 0 aromatic rings. The van der Waals surface area contributed by atoms with E-state index < -0.39 is 18.1 Å². The summed E-state index contributed by atoms with van der Waals surface area (Å²) in [5, 5.41) is 0. The molecule has 0 spiro atoms. The van der Waals surface area contributed by atoms with Crippen LogP contribution in [0.4, 0.5) is 13.2 Å². The van der Waals surface area contributed by atoms with Gasteiger partial charge < -0.3 is 5.73 Å². The van der Waals surface area contributed by atoms with Gasteiger partial charge in [0.2, 0.25) is 0 Å². The van der Waals surface area contributed by atoms with Gasteiger partial charge >= 0.3 is 0 Å². The van der Waals surface area contributed by atoms with Crippen molar-refractivity contribution in [2.45, 2.75) is 38.8 Å². The Hall–Kier alpha value is -0.250. The lowest BCUT2D eigenvalue weighted by molar-refractivity contribution is -0.129. The molecule has 0 aliphatic rings. The molecule has 0 bridgehead atoms. The van der Waals surface area contributed by atoms with Crippen molar-refractivity contribution in [1.29, 1.82) is 0 Å². The first-order valence-electron chi connectivity index (χ1n) is 4.00. The molecule has 0 aromatic carbocycles. The first-order valence-corrected chi connectivity index (χ1v) is 4.00. The Balaban J connectivity index is 4.37. The number of rotatable bonds is 4. The average molecular weight is 183 g/mol. The molecule has 1 unspecified atom stereocenters. The van der Waals surface area contributed by atoms with Gasteiger partial charge in [0.05, 0.1) is 6.54 Å². The second kappa shape index (κ2) is 3.64. The molecule has 0 saturated carbocycles. The van der Waals surface area contributed by atoms with Crippen molar-refractivity contribution >= 4 is 0 Å². The van der Waals surface area contributed by atoms with Crippen LogP contribution in [0.5, 0.6) is 0 Å². The number of hydrogen-bond acceptors (Lipinski definition) is 1. The molecule has 4 heteroatoms. The molecule has 0 radical (unpaired) electrons. The van der Waals surface area contributed by atoms with Crippen LogP contribution in [-0.4, -0.2) is 18.1 Å². The SMILES string of the molecule is CC(C)CC(C)(F)C(F)(F)CN. The minimum atomic E-state index is -3.42. The fourth-order valence-corrected chi connectivity index (χ4v) is 1.13. The van der Waals surface area contributed by atoms with E-state index in [0.29, 0.717) is 0 Å². The van der Waals surface area contributed by atoms with Gasteiger partial charge in [-0.25, -0.2) is 13.2 Å². The summed E-state index contributed by atoms with van der Waals surface area (Å²) in [7, 11) is 0. The van der Waals surface area contributed by atoms with E-state index in [0.717, 1.165) is 6.92 Å². The zero-order chi connectivity index (χ0) is 9.99. The van der Waals surface area contributed by atoms with Gasteiger partial charge in [0, 0.05) is 0 Å². The summed E-state index contributed by atoms with van der Waals surface area (Å²) in [6.07, 6.45) is -0.169. The second-order valence-corrected chi connectivity index (χ2v) is 3.70. The van der Waals surface area contributed by atoms with Crippen molar-refractivity contribution in [2.75, 3.05) is 6.54 Å². The zero-order valence-corrected chi connectivity index (χ0v) is 7.70. The maximum Gasteiger partial charge on any atom is 0.293 e. The van der Waals surface area contributed by atoms with Gasteiger partial charge in [0.15, 0.2) is 5.67 Å². The van der Waals surface area contributed by atoms with Crippen molar-refractivity contribution in [3.05, 3.63) is 0 Å². The van der Waals surface area contributed by atoms with E-state index in [4.69, 9.17) is 5.73 Å². The van der Waals surface area contributed by atoms with Gasteiger partial charge in [0.25, 0.3) is 5.92 Å². The Morgan fingerprint density at radius 3 is 1.92 bits per heavy atom. The minimum absolute atomic E-state index is 0.0996. The topological polar surface area (TPSA) is 26.0 Å². The highest BCUT2D eigenvalue weighted by Crippen LogP contribution is 2.36. The highest BCUT2D eigenvalue weighted by atomic mass is 19.3. The molecule has 0 heterocycles. The van der Waals surface area contributed by atoms with Crippen molar-refractivity contribution in [1.82, 2.24) is 0 Å². The third-order valence-electron chi connectivity index (χ3n) is 1.81. The van der Waals surface area contributed by atoms with Gasteiger partial charge in [-0.05, 0) is 19.3 Å². The smallest absolute Gasteiger partial charge is 0.293 e. The van der Waals surface area contributed by atoms with Crippen LogP contribution in [0.1, 0.15) is 27.2 Å². The van der Waals surface area contributed by atoms with E-state index in [1.165, 1.54) is 0 Å². The molecule has 0 aliphatic heterocycles. The second-order valence-electron chi connectivity index (χ2n) is 3.70. The Labute approximate surface area is 71.1 Å². The number of alkyl halides is 3. The standard InChI is InChI=1S/C8H16F3N/c1-6(2)4-7(3,9)8(10,11)5-12/h6H,4-5,12H2,1-3H3. The number of halogens is 3. The van der Waals surface area contributed by atoms with Crippen LogP contribution in [0.2, 0.25) is 0 Å². The number of hydrogen-bond donors (Lipinski definition) is 1. The van der Waals surface area contributed by atoms with Gasteiger partial charge in [-0.15, -0.1) is 0 Å². The lowest BCUT2D eigenvalue weighted by Crippen LogP contribution is -2.47. The van der Waals surface area contributed by atoms with Crippen LogP contribution in [0.3, 0.4) is 0 Å². The van der Waals surface area contributed by atoms with E-state index in [1.807, 2.05) is 0 Å². The predicted octanol–water partition coefficient (Wildman–Crippen LogP) is 2.35. The molecule has 2 N–H and O–H groups in total. The molecule has 1 nitrogen and oxygen atoms in total. The van der Waals surface area contributed by atoms with Gasteiger partial charge in [-0.1, -0.05) is 13.8 Å². The van der Waals surface area contributed by atoms with E-state index in [-0.39, 0.29) is 12.3 Å². The van der Waals surface area contributed by atoms with Crippen LogP contribution < -0.4 is 5.73 Å². The van der Waals surface area contributed by atoms with E-state index >= 15 is 0 Å². The molecular weight excluding hydrogens is 167 g/mol. The molecule has 0 aromatic heterocycles. The largest absolute Gasteiger partial charge is 0.325 e. The maximum absolute atomic E-state index is 13.3. The van der Waals surface area contributed by atoms with Gasteiger partial charge in [0.1, 0.15) is 0 Å². The summed E-state index contributed by atoms with van der Waals surface area (Å²) in [5.74, 6) is -3.52. The molecular formula is C8H16F3N. The summed E-state index contributed by atoms with van der Waals surface area (Å²) < 4.78 is 38.9. The van der Waals surface area contributed by atoms with Crippen molar-refractivity contribution in [2.24, 2.45) is 11.7 Å². The highest BCUT2D eigenvalue weighted by molar-refractivity contribution is 4.91. The van der Waals surface area contributed by atoms with Crippen molar-refractivity contribution in [3.8, 4) is 0 Å². The summed E-state index contributed by atoms with van der Waals surface area (Å²) >= 11 is 0. The summed E-state index contributed by atoms with van der Waals surface area (Å²) in [5.41, 5.74) is 2.29. The monoisotopic (exact) mass is 183 g/mol. The molecule has 1 atom stereocenters. The predicted molar refractivity (Wildman–Crippen MR) is 43.0 cm³/mol. The fraction of sp³-hybridized carbons (Fsp3) is 1.00. The maximum atomic E-state index is 13.3. The fourth-order valence-electron chi connectivity index (χ4n) is 1.13. The normalized spacial score (nSPS) is 18.0. The first kappa shape index (κ1) is 11.8. The molecule has 0 saturated heterocycles. The third kappa shape index (κ3) is 2.66. The lowest BCUT2D eigenvalue weighted by Gasteiger charge is -2.30. The average Bonchev–Trinajstić information content (AvgIpc) is 1.84. The third-order valence-corrected chi connectivity index (χ3v) is 1.81. The Bertz CT molecular complexity index is 143. The van der Waals surface area contributed by atoms with Crippen LogP contribution >= 0.6 is 0 Å². The minimum Gasteiger partial charge on any atom is -0.325 e. The summed E-state index contributed by atoms with van der Waals surface area (Å²) in [4.78, 5) is 0. The number of nitrogens with two attached hydrogens (primary N) is 1. The van der Waals surface area contributed by atoms with Crippen LogP contribution in [-0.2, 0) is 0 Å². The first-order chi connectivity index (χ1) is 5.23. The summed E-state index contributed by atoms with van der Waals surface area (Å²) in [6.45, 7) is 3.36. The molecule has 0 rings (SSSR count). The quantitative estimate of drug-likeness (QED) is 0.711. The molecule has 74 valence electrons. The highest BCUT2D eigenvalue weighted by Gasteiger charge is 2.49. The lowest BCUT2D eigenvalue weighted by atomic mass is 9.90. The van der Waals surface area contributed by atoms with Crippen LogP contribution in [0.15, 0.2) is 0 Å². The van der Waals surface area contributed by atoms with Gasteiger partial charge in [-0.3, -0.25) is 0 Å². The van der Waals surface area contributed by atoms with Crippen molar-refractivity contribution < 1.29 is 13.2 Å².